The van der Waals surface area contributed by atoms with E-state index in [-0.39, 0.29) is 11.8 Å². The van der Waals surface area contributed by atoms with E-state index in [2.05, 4.69) is 0 Å². The SMILES string of the molecule is C[C@@H](Oc1cc(Cl)cc(Cl)c1)C(=O)N1CCC(C(=O)O)CC1. The van der Waals surface area contributed by atoms with Crippen molar-refractivity contribution in [1.29, 1.82) is 0 Å². The smallest absolute Gasteiger partial charge is 0.306 e. The van der Waals surface area contributed by atoms with E-state index in [0.717, 1.165) is 0 Å². The summed E-state index contributed by atoms with van der Waals surface area (Å²) in [5, 5.41) is 9.84. The predicted molar refractivity (Wildman–Crippen MR) is 83.5 cm³/mol. The number of amides is 1. The van der Waals surface area contributed by atoms with Crippen LogP contribution in [0.1, 0.15) is 19.8 Å². The van der Waals surface area contributed by atoms with Crippen molar-refractivity contribution < 1.29 is 19.4 Å². The molecule has 0 bridgehead atoms. The summed E-state index contributed by atoms with van der Waals surface area (Å²) in [6, 6.07) is 4.76. The Morgan fingerprint density at radius 2 is 1.77 bits per heavy atom. The number of ether oxygens (including phenoxy) is 1. The van der Waals surface area contributed by atoms with Crippen LogP contribution in [0.5, 0.6) is 5.75 Å². The molecular formula is C15H17Cl2NO4. The van der Waals surface area contributed by atoms with Gasteiger partial charge < -0.3 is 14.7 Å². The Bertz CT molecular complexity index is 550. The van der Waals surface area contributed by atoms with Gasteiger partial charge >= 0.3 is 5.97 Å². The number of halogens is 2. The van der Waals surface area contributed by atoms with Crippen LogP contribution < -0.4 is 4.74 Å². The number of piperidine rings is 1. The third kappa shape index (κ3) is 4.27. The molecule has 1 N–H and O–H groups in total. The van der Waals surface area contributed by atoms with Gasteiger partial charge in [-0.05, 0) is 38.0 Å². The van der Waals surface area contributed by atoms with Gasteiger partial charge in [-0.1, -0.05) is 23.2 Å². The highest BCUT2D eigenvalue weighted by Gasteiger charge is 2.29. The lowest BCUT2D eigenvalue weighted by Crippen LogP contribution is -2.45. The molecule has 1 atom stereocenters. The van der Waals surface area contributed by atoms with E-state index in [4.69, 9.17) is 33.0 Å². The second kappa shape index (κ2) is 7.20. The first-order chi connectivity index (χ1) is 10.4. The Hall–Kier alpha value is -1.46. The fraction of sp³-hybridized carbons (Fsp3) is 0.467. The standard InChI is InChI=1S/C15H17Cl2NO4/c1-9(22-13-7-11(16)6-12(17)8-13)14(19)18-4-2-10(3-5-18)15(20)21/h6-10H,2-5H2,1H3,(H,20,21)/t9-/m1/s1. The molecule has 5 nitrogen and oxygen atoms in total. The number of carboxylic acid groups (broad SMARTS) is 1. The number of rotatable bonds is 4. The quantitative estimate of drug-likeness (QED) is 0.910. The lowest BCUT2D eigenvalue weighted by atomic mass is 9.97. The van der Waals surface area contributed by atoms with Gasteiger partial charge in [-0.25, -0.2) is 0 Å². The van der Waals surface area contributed by atoms with Crippen LogP contribution in [-0.2, 0) is 9.59 Å². The van der Waals surface area contributed by atoms with Gasteiger partial charge in [-0.2, -0.15) is 0 Å². The zero-order valence-corrected chi connectivity index (χ0v) is 13.6. The molecule has 2 rings (SSSR count). The molecule has 1 aromatic rings. The number of hydrogen-bond donors (Lipinski definition) is 1. The highest BCUT2D eigenvalue weighted by atomic mass is 35.5. The average Bonchev–Trinajstić information content (AvgIpc) is 2.45. The summed E-state index contributed by atoms with van der Waals surface area (Å²) in [6.07, 6.45) is 0.254. The second-order valence-electron chi connectivity index (χ2n) is 5.30. The summed E-state index contributed by atoms with van der Waals surface area (Å²) in [7, 11) is 0. The van der Waals surface area contributed by atoms with E-state index in [1.165, 1.54) is 0 Å². The minimum absolute atomic E-state index is 0.167. The number of carbonyl (C=O) groups excluding carboxylic acids is 1. The fourth-order valence-electron chi connectivity index (χ4n) is 2.46. The number of nitrogens with zero attached hydrogens (tertiary/aromatic N) is 1. The number of hydrogen-bond acceptors (Lipinski definition) is 3. The maximum absolute atomic E-state index is 12.3. The van der Waals surface area contributed by atoms with Crippen molar-refractivity contribution in [3.8, 4) is 5.75 Å². The van der Waals surface area contributed by atoms with Crippen LogP contribution >= 0.6 is 23.2 Å². The Labute approximate surface area is 138 Å². The highest BCUT2D eigenvalue weighted by Crippen LogP contribution is 2.25. The van der Waals surface area contributed by atoms with Crippen molar-refractivity contribution in [2.24, 2.45) is 5.92 Å². The molecular weight excluding hydrogens is 329 g/mol. The first kappa shape index (κ1) is 16.9. The number of carbonyl (C=O) groups is 2. The molecule has 1 aliphatic rings. The Morgan fingerprint density at radius 3 is 2.27 bits per heavy atom. The number of benzene rings is 1. The van der Waals surface area contributed by atoms with Gasteiger partial charge in [0.15, 0.2) is 6.10 Å². The molecule has 0 saturated carbocycles. The molecule has 7 heteroatoms. The van der Waals surface area contributed by atoms with Gasteiger partial charge in [0.1, 0.15) is 5.75 Å². The van der Waals surface area contributed by atoms with E-state index in [0.29, 0.717) is 41.7 Å². The fourth-order valence-corrected chi connectivity index (χ4v) is 2.96. The van der Waals surface area contributed by atoms with Crippen molar-refractivity contribution in [3.05, 3.63) is 28.2 Å². The lowest BCUT2D eigenvalue weighted by molar-refractivity contribution is -0.147. The molecule has 1 amide bonds. The Balaban J connectivity index is 1.94. The monoisotopic (exact) mass is 345 g/mol. The molecule has 120 valence electrons. The molecule has 1 aliphatic heterocycles. The van der Waals surface area contributed by atoms with Crippen molar-refractivity contribution in [2.75, 3.05) is 13.1 Å². The minimum atomic E-state index is -0.801. The average molecular weight is 346 g/mol. The normalized spacial score (nSPS) is 17.1. The van der Waals surface area contributed by atoms with E-state index >= 15 is 0 Å². The van der Waals surface area contributed by atoms with Gasteiger partial charge in [0.25, 0.3) is 5.91 Å². The first-order valence-electron chi connectivity index (χ1n) is 7.01. The molecule has 1 heterocycles. The first-order valence-corrected chi connectivity index (χ1v) is 7.76. The largest absolute Gasteiger partial charge is 0.481 e. The number of carboxylic acids is 1. The predicted octanol–water partition coefficient (Wildman–Crippen LogP) is 3.08. The maximum atomic E-state index is 12.3. The van der Waals surface area contributed by atoms with Crippen LogP contribution in [0.3, 0.4) is 0 Å². The number of likely N-dealkylation sites (tertiary alicyclic amines) is 1. The van der Waals surface area contributed by atoms with E-state index in [9.17, 15) is 9.59 Å². The van der Waals surface area contributed by atoms with Gasteiger partial charge in [0, 0.05) is 23.1 Å². The molecule has 1 fully saturated rings. The summed E-state index contributed by atoms with van der Waals surface area (Å²) in [4.78, 5) is 24.9. The Morgan fingerprint density at radius 1 is 1.23 bits per heavy atom. The highest BCUT2D eigenvalue weighted by molar-refractivity contribution is 6.34. The van der Waals surface area contributed by atoms with Crippen molar-refractivity contribution >= 4 is 35.1 Å². The van der Waals surface area contributed by atoms with Gasteiger partial charge in [0.2, 0.25) is 0 Å². The van der Waals surface area contributed by atoms with Gasteiger partial charge in [-0.15, -0.1) is 0 Å². The van der Waals surface area contributed by atoms with Crippen LogP contribution in [0.25, 0.3) is 0 Å². The molecule has 0 aromatic heterocycles. The van der Waals surface area contributed by atoms with Crippen LogP contribution in [0.15, 0.2) is 18.2 Å². The zero-order valence-electron chi connectivity index (χ0n) is 12.1. The summed E-state index contributed by atoms with van der Waals surface area (Å²) < 4.78 is 5.59. The van der Waals surface area contributed by atoms with Crippen molar-refractivity contribution in [3.63, 3.8) is 0 Å². The van der Waals surface area contributed by atoms with E-state index in [1.807, 2.05) is 0 Å². The zero-order chi connectivity index (χ0) is 16.3. The molecule has 1 aromatic carbocycles. The van der Waals surface area contributed by atoms with E-state index in [1.54, 1.807) is 30.0 Å². The van der Waals surface area contributed by atoms with Crippen LogP contribution in [0.2, 0.25) is 10.0 Å². The molecule has 0 radical (unpaired) electrons. The molecule has 0 aliphatic carbocycles. The molecule has 0 unspecified atom stereocenters. The summed E-state index contributed by atoms with van der Waals surface area (Å²) in [6.45, 7) is 2.51. The summed E-state index contributed by atoms with van der Waals surface area (Å²) in [5.41, 5.74) is 0. The molecule has 1 saturated heterocycles. The number of aliphatic carboxylic acids is 1. The van der Waals surface area contributed by atoms with Crippen LogP contribution in [0, 0.1) is 5.92 Å². The minimum Gasteiger partial charge on any atom is -0.481 e. The van der Waals surface area contributed by atoms with Crippen molar-refractivity contribution in [1.82, 2.24) is 4.90 Å². The lowest BCUT2D eigenvalue weighted by Gasteiger charge is -2.32. The summed E-state index contributed by atoms with van der Waals surface area (Å²) in [5.74, 6) is -0.907. The topological polar surface area (TPSA) is 66.8 Å². The summed E-state index contributed by atoms with van der Waals surface area (Å²) >= 11 is 11.8. The van der Waals surface area contributed by atoms with Gasteiger partial charge in [-0.3, -0.25) is 9.59 Å². The molecule has 0 spiro atoms. The van der Waals surface area contributed by atoms with Crippen LogP contribution in [-0.4, -0.2) is 41.1 Å². The van der Waals surface area contributed by atoms with Gasteiger partial charge in [0.05, 0.1) is 5.92 Å². The second-order valence-corrected chi connectivity index (χ2v) is 6.18. The third-order valence-corrected chi connectivity index (χ3v) is 4.09. The van der Waals surface area contributed by atoms with Crippen LogP contribution in [0.4, 0.5) is 0 Å². The van der Waals surface area contributed by atoms with E-state index < -0.39 is 12.1 Å². The molecule has 22 heavy (non-hydrogen) atoms. The maximum Gasteiger partial charge on any atom is 0.306 e. The van der Waals surface area contributed by atoms with Crippen molar-refractivity contribution in [2.45, 2.75) is 25.9 Å². The third-order valence-electron chi connectivity index (χ3n) is 3.65. The Kier molecular flexibility index (Phi) is 5.53.